The molecule has 0 bridgehead atoms. The molecule has 2 aromatic rings. The molecule has 5 nitrogen and oxygen atoms in total. The lowest BCUT2D eigenvalue weighted by atomic mass is 10.0. The van der Waals surface area contributed by atoms with Crippen LogP contribution in [-0.4, -0.2) is 51.3 Å². The molecule has 1 amide bonds. The standard InChI is InChI=1S/C18H22N2O3/c1-20(15-6-2-3-7-16(21)17(15)22)18(23)13-8-9-14-12(11-13)5-4-10-19-14/h4-5,8-11,15-17,21-22H,2-3,6-7H2,1H3/t15-,16-,17-/m1/s1. The molecule has 23 heavy (non-hydrogen) atoms. The van der Waals surface area contributed by atoms with Crippen LogP contribution < -0.4 is 0 Å². The van der Waals surface area contributed by atoms with E-state index in [0.29, 0.717) is 18.4 Å². The minimum absolute atomic E-state index is 0.145. The zero-order chi connectivity index (χ0) is 16.4. The zero-order valence-corrected chi connectivity index (χ0v) is 13.2. The van der Waals surface area contributed by atoms with Crippen LogP contribution >= 0.6 is 0 Å². The van der Waals surface area contributed by atoms with Gasteiger partial charge in [-0.1, -0.05) is 18.9 Å². The van der Waals surface area contributed by atoms with Crippen molar-refractivity contribution in [3.05, 3.63) is 42.1 Å². The Labute approximate surface area is 135 Å². The van der Waals surface area contributed by atoms with Crippen molar-refractivity contribution in [2.45, 2.75) is 43.9 Å². The molecule has 0 saturated heterocycles. The molecular weight excluding hydrogens is 292 g/mol. The number of aromatic nitrogens is 1. The molecular formula is C18H22N2O3. The largest absolute Gasteiger partial charge is 0.390 e. The number of aliphatic hydroxyl groups is 2. The van der Waals surface area contributed by atoms with E-state index < -0.39 is 12.2 Å². The topological polar surface area (TPSA) is 73.7 Å². The van der Waals surface area contributed by atoms with Crippen molar-refractivity contribution in [2.24, 2.45) is 0 Å². The second-order valence-electron chi connectivity index (χ2n) is 6.24. The fraction of sp³-hybridized carbons (Fsp3) is 0.444. The SMILES string of the molecule is CN(C(=O)c1ccc2ncccc2c1)[C@@H]1CCCC[C@@H](O)[C@@H]1O. The van der Waals surface area contributed by atoms with E-state index in [1.54, 1.807) is 24.2 Å². The average molecular weight is 314 g/mol. The van der Waals surface area contributed by atoms with Gasteiger partial charge in [0.25, 0.3) is 5.91 Å². The van der Waals surface area contributed by atoms with E-state index in [9.17, 15) is 15.0 Å². The minimum atomic E-state index is -0.895. The fourth-order valence-corrected chi connectivity index (χ4v) is 3.29. The number of carbonyl (C=O) groups excluding carboxylic acids is 1. The monoisotopic (exact) mass is 314 g/mol. The van der Waals surface area contributed by atoms with Gasteiger partial charge in [0.1, 0.15) is 6.10 Å². The molecule has 2 N–H and O–H groups in total. The Hall–Kier alpha value is -1.98. The van der Waals surface area contributed by atoms with Crippen molar-refractivity contribution in [1.29, 1.82) is 0 Å². The first-order valence-corrected chi connectivity index (χ1v) is 8.06. The van der Waals surface area contributed by atoms with Crippen LogP contribution in [0.1, 0.15) is 36.0 Å². The van der Waals surface area contributed by atoms with Crippen molar-refractivity contribution < 1.29 is 15.0 Å². The fourth-order valence-electron chi connectivity index (χ4n) is 3.29. The first kappa shape index (κ1) is 15.9. The third-order valence-electron chi connectivity index (χ3n) is 4.71. The van der Waals surface area contributed by atoms with Crippen molar-refractivity contribution >= 4 is 16.8 Å². The van der Waals surface area contributed by atoms with Gasteiger partial charge >= 0.3 is 0 Å². The second kappa shape index (κ2) is 6.64. The van der Waals surface area contributed by atoms with Crippen LogP contribution in [0.25, 0.3) is 10.9 Å². The number of carbonyl (C=O) groups is 1. The zero-order valence-electron chi connectivity index (χ0n) is 13.2. The minimum Gasteiger partial charge on any atom is -0.390 e. The van der Waals surface area contributed by atoms with E-state index in [-0.39, 0.29) is 11.9 Å². The molecule has 3 rings (SSSR count). The van der Waals surface area contributed by atoms with E-state index in [1.165, 1.54) is 0 Å². The first-order chi connectivity index (χ1) is 11.1. The van der Waals surface area contributed by atoms with Crippen molar-refractivity contribution in [1.82, 2.24) is 9.88 Å². The van der Waals surface area contributed by atoms with E-state index in [1.807, 2.05) is 24.3 Å². The summed E-state index contributed by atoms with van der Waals surface area (Å²) in [5.41, 5.74) is 1.41. The molecule has 1 aromatic heterocycles. The van der Waals surface area contributed by atoms with E-state index in [2.05, 4.69) is 4.98 Å². The van der Waals surface area contributed by atoms with Crippen LogP contribution in [0.4, 0.5) is 0 Å². The molecule has 122 valence electrons. The van der Waals surface area contributed by atoms with E-state index in [0.717, 1.165) is 23.7 Å². The lowest BCUT2D eigenvalue weighted by Gasteiger charge is -2.32. The molecule has 0 radical (unpaired) electrons. The predicted octanol–water partition coefficient (Wildman–Crippen LogP) is 1.97. The van der Waals surface area contributed by atoms with Crippen LogP contribution in [0.2, 0.25) is 0 Å². The Balaban J connectivity index is 1.85. The lowest BCUT2D eigenvalue weighted by Crippen LogP contribution is -2.48. The molecule has 1 saturated carbocycles. The van der Waals surface area contributed by atoms with Gasteiger partial charge in [-0.2, -0.15) is 0 Å². The summed E-state index contributed by atoms with van der Waals surface area (Å²) in [4.78, 5) is 18.6. The van der Waals surface area contributed by atoms with Gasteiger partial charge in [0.15, 0.2) is 0 Å². The number of benzene rings is 1. The number of aliphatic hydroxyl groups excluding tert-OH is 2. The summed E-state index contributed by atoms with van der Waals surface area (Å²) >= 11 is 0. The van der Waals surface area contributed by atoms with Gasteiger partial charge in [0, 0.05) is 24.2 Å². The normalized spacial score (nSPS) is 25.1. The van der Waals surface area contributed by atoms with Gasteiger partial charge in [-0.25, -0.2) is 0 Å². The van der Waals surface area contributed by atoms with Crippen LogP contribution in [-0.2, 0) is 0 Å². The van der Waals surface area contributed by atoms with Crippen molar-refractivity contribution in [3.8, 4) is 0 Å². The first-order valence-electron chi connectivity index (χ1n) is 8.06. The number of hydrogen-bond donors (Lipinski definition) is 2. The Morgan fingerprint density at radius 2 is 2.00 bits per heavy atom. The number of hydrogen-bond acceptors (Lipinski definition) is 4. The number of amides is 1. The number of nitrogens with zero attached hydrogens (tertiary/aromatic N) is 2. The van der Waals surface area contributed by atoms with Gasteiger partial charge in [-0.05, 0) is 37.1 Å². The molecule has 0 spiro atoms. The smallest absolute Gasteiger partial charge is 0.253 e. The average Bonchev–Trinajstić information content (AvgIpc) is 2.75. The van der Waals surface area contributed by atoms with Gasteiger partial charge in [0.05, 0.1) is 17.7 Å². The van der Waals surface area contributed by atoms with Crippen LogP contribution in [0.15, 0.2) is 36.5 Å². The Bertz CT molecular complexity index is 703. The Kier molecular flexibility index (Phi) is 4.59. The maximum Gasteiger partial charge on any atom is 0.253 e. The van der Waals surface area contributed by atoms with E-state index >= 15 is 0 Å². The Morgan fingerprint density at radius 1 is 1.22 bits per heavy atom. The van der Waals surface area contributed by atoms with Crippen molar-refractivity contribution in [2.75, 3.05) is 7.05 Å². The van der Waals surface area contributed by atoms with Crippen LogP contribution in [0.3, 0.4) is 0 Å². The molecule has 0 unspecified atom stereocenters. The summed E-state index contributed by atoms with van der Waals surface area (Å²) in [7, 11) is 1.70. The Morgan fingerprint density at radius 3 is 2.83 bits per heavy atom. The highest BCUT2D eigenvalue weighted by molar-refractivity contribution is 5.98. The second-order valence-corrected chi connectivity index (χ2v) is 6.24. The summed E-state index contributed by atoms with van der Waals surface area (Å²) in [6.45, 7) is 0. The summed E-state index contributed by atoms with van der Waals surface area (Å²) in [6.07, 6.45) is 3.12. The molecule has 1 aliphatic rings. The van der Waals surface area contributed by atoms with E-state index in [4.69, 9.17) is 0 Å². The highest BCUT2D eigenvalue weighted by atomic mass is 16.3. The summed E-state index contributed by atoms with van der Waals surface area (Å²) in [5.74, 6) is -0.145. The molecule has 1 aromatic carbocycles. The molecule has 3 atom stereocenters. The summed E-state index contributed by atoms with van der Waals surface area (Å²) < 4.78 is 0. The highest BCUT2D eigenvalue weighted by Crippen LogP contribution is 2.24. The number of likely N-dealkylation sites (N-methyl/N-ethyl adjacent to an activating group) is 1. The molecule has 1 fully saturated rings. The number of pyridine rings is 1. The molecule has 5 heteroatoms. The number of rotatable bonds is 2. The van der Waals surface area contributed by atoms with Gasteiger partial charge < -0.3 is 15.1 Å². The van der Waals surface area contributed by atoms with Gasteiger partial charge in [0.2, 0.25) is 0 Å². The third kappa shape index (κ3) is 3.21. The maximum atomic E-state index is 12.8. The lowest BCUT2D eigenvalue weighted by molar-refractivity contribution is -0.0255. The number of fused-ring (bicyclic) bond motifs is 1. The predicted molar refractivity (Wildman–Crippen MR) is 88.1 cm³/mol. The highest BCUT2D eigenvalue weighted by Gasteiger charge is 2.33. The third-order valence-corrected chi connectivity index (χ3v) is 4.71. The van der Waals surface area contributed by atoms with Gasteiger partial charge in [-0.15, -0.1) is 0 Å². The van der Waals surface area contributed by atoms with Crippen molar-refractivity contribution in [3.63, 3.8) is 0 Å². The summed E-state index contributed by atoms with van der Waals surface area (Å²) in [6, 6.07) is 8.81. The quantitative estimate of drug-likeness (QED) is 0.831. The maximum absolute atomic E-state index is 12.8. The van der Waals surface area contributed by atoms with Crippen LogP contribution in [0.5, 0.6) is 0 Å². The van der Waals surface area contributed by atoms with Crippen LogP contribution in [0, 0.1) is 0 Å². The summed E-state index contributed by atoms with van der Waals surface area (Å²) in [5, 5.41) is 21.2. The molecule has 0 aliphatic heterocycles. The molecule has 1 heterocycles. The molecule has 1 aliphatic carbocycles. The van der Waals surface area contributed by atoms with Gasteiger partial charge in [-0.3, -0.25) is 9.78 Å².